The fourth-order valence-corrected chi connectivity index (χ4v) is 2.25. The molecule has 3 N–H and O–H groups in total. The van der Waals surface area contributed by atoms with E-state index in [1.807, 2.05) is 14.0 Å². The first-order chi connectivity index (χ1) is 8.08. The molecule has 0 aliphatic heterocycles. The summed E-state index contributed by atoms with van der Waals surface area (Å²) in [7, 11) is 1.84. The highest BCUT2D eigenvalue weighted by atomic mass is 16.1. The molecule has 0 bridgehead atoms. The van der Waals surface area contributed by atoms with Crippen LogP contribution in [-0.4, -0.2) is 27.8 Å². The van der Waals surface area contributed by atoms with Crippen molar-refractivity contribution in [1.82, 2.24) is 15.1 Å². The van der Waals surface area contributed by atoms with E-state index >= 15 is 0 Å². The van der Waals surface area contributed by atoms with Crippen molar-refractivity contribution >= 4 is 5.91 Å². The van der Waals surface area contributed by atoms with Crippen LogP contribution in [0.3, 0.4) is 0 Å². The van der Waals surface area contributed by atoms with Crippen molar-refractivity contribution in [2.24, 2.45) is 12.8 Å². The highest BCUT2D eigenvalue weighted by Gasteiger charge is 2.21. The number of nitrogens with two attached hydrogens (primary N) is 1. The Balaban J connectivity index is 1.95. The summed E-state index contributed by atoms with van der Waals surface area (Å²) in [6, 6.07) is 0.574. The number of aromatic nitrogens is 2. The van der Waals surface area contributed by atoms with Gasteiger partial charge in [-0.2, -0.15) is 5.10 Å². The van der Waals surface area contributed by atoms with E-state index in [-0.39, 0.29) is 11.9 Å². The standard InChI is InChI=1S/C12H20N4O/c1-8-11(7-14-16(8)2)12(17)15-10-5-3-9(13)4-6-10/h7,9-10H,3-6,13H2,1-2H3,(H,15,17). The predicted octanol–water partition coefficient (Wildman–Crippen LogP) is 0.728. The van der Waals surface area contributed by atoms with Crippen LogP contribution < -0.4 is 11.1 Å². The Hall–Kier alpha value is -1.36. The summed E-state index contributed by atoms with van der Waals surface area (Å²) in [6.07, 6.45) is 5.57. The van der Waals surface area contributed by atoms with Crippen molar-refractivity contribution in [1.29, 1.82) is 0 Å². The van der Waals surface area contributed by atoms with E-state index < -0.39 is 0 Å². The van der Waals surface area contributed by atoms with Crippen LogP contribution in [0.15, 0.2) is 6.20 Å². The number of amides is 1. The molecule has 1 fully saturated rings. The zero-order valence-electron chi connectivity index (χ0n) is 10.4. The molecule has 1 aliphatic rings. The van der Waals surface area contributed by atoms with Gasteiger partial charge >= 0.3 is 0 Å². The molecule has 5 heteroatoms. The first kappa shape index (κ1) is 12.1. The zero-order chi connectivity index (χ0) is 12.4. The van der Waals surface area contributed by atoms with Gasteiger partial charge in [-0.15, -0.1) is 0 Å². The van der Waals surface area contributed by atoms with Crippen molar-refractivity contribution in [2.75, 3.05) is 0 Å². The molecule has 0 spiro atoms. The number of carbonyl (C=O) groups excluding carboxylic acids is 1. The number of nitrogens with zero attached hydrogens (tertiary/aromatic N) is 2. The lowest BCUT2D eigenvalue weighted by Crippen LogP contribution is -2.40. The predicted molar refractivity (Wildman–Crippen MR) is 65.6 cm³/mol. The summed E-state index contributed by atoms with van der Waals surface area (Å²) >= 11 is 0. The number of nitrogens with one attached hydrogen (secondary N) is 1. The first-order valence-electron chi connectivity index (χ1n) is 6.13. The fourth-order valence-electron chi connectivity index (χ4n) is 2.25. The van der Waals surface area contributed by atoms with E-state index in [1.165, 1.54) is 0 Å². The van der Waals surface area contributed by atoms with Gasteiger partial charge in [0.25, 0.3) is 5.91 Å². The van der Waals surface area contributed by atoms with Crippen molar-refractivity contribution in [2.45, 2.75) is 44.7 Å². The second-order valence-corrected chi connectivity index (χ2v) is 4.85. The quantitative estimate of drug-likeness (QED) is 0.795. The van der Waals surface area contributed by atoms with Crippen LogP contribution in [0, 0.1) is 6.92 Å². The Bertz CT molecular complexity index is 405. The molecule has 1 heterocycles. The number of rotatable bonds is 2. The van der Waals surface area contributed by atoms with Crippen LogP contribution in [0.25, 0.3) is 0 Å². The van der Waals surface area contributed by atoms with E-state index in [0.29, 0.717) is 11.6 Å². The summed E-state index contributed by atoms with van der Waals surface area (Å²) in [5.74, 6) is -0.0175. The Morgan fingerprint density at radius 1 is 1.47 bits per heavy atom. The van der Waals surface area contributed by atoms with Crippen LogP contribution in [0.2, 0.25) is 0 Å². The molecule has 0 aromatic carbocycles. The van der Waals surface area contributed by atoms with Crippen LogP contribution in [0.5, 0.6) is 0 Å². The molecule has 5 nitrogen and oxygen atoms in total. The van der Waals surface area contributed by atoms with Gasteiger partial charge in [-0.05, 0) is 32.6 Å². The van der Waals surface area contributed by atoms with Crippen LogP contribution in [0.4, 0.5) is 0 Å². The molecule has 0 radical (unpaired) electrons. The van der Waals surface area contributed by atoms with E-state index in [1.54, 1.807) is 10.9 Å². The second-order valence-electron chi connectivity index (χ2n) is 4.85. The van der Waals surface area contributed by atoms with Gasteiger partial charge in [-0.25, -0.2) is 0 Å². The van der Waals surface area contributed by atoms with Gasteiger partial charge in [-0.3, -0.25) is 9.48 Å². The summed E-state index contributed by atoms with van der Waals surface area (Å²) < 4.78 is 1.71. The Kier molecular flexibility index (Phi) is 3.47. The molecular formula is C12H20N4O. The lowest BCUT2D eigenvalue weighted by molar-refractivity contribution is 0.0925. The van der Waals surface area contributed by atoms with E-state index in [2.05, 4.69) is 10.4 Å². The van der Waals surface area contributed by atoms with Gasteiger partial charge in [-0.1, -0.05) is 0 Å². The smallest absolute Gasteiger partial charge is 0.254 e. The highest BCUT2D eigenvalue weighted by Crippen LogP contribution is 2.17. The second kappa shape index (κ2) is 4.87. The van der Waals surface area contributed by atoms with Crippen molar-refractivity contribution in [3.63, 3.8) is 0 Å². The minimum Gasteiger partial charge on any atom is -0.349 e. The minimum absolute atomic E-state index is 0.0175. The Labute approximate surface area is 101 Å². The third-order valence-corrected chi connectivity index (χ3v) is 3.59. The van der Waals surface area contributed by atoms with Gasteiger partial charge < -0.3 is 11.1 Å². The van der Waals surface area contributed by atoms with Crippen molar-refractivity contribution in [3.05, 3.63) is 17.5 Å². The van der Waals surface area contributed by atoms with Crippen LogP contribution in [-0.2, 0) is 7.05 Å². The molecule has 0 atom stereocenters. The molecule has 1 amide bonds. The monoisotopic (exact) mass is 236 g/mol. The van der Waals surface area contributed by atoms with E-state index in [4.69, 9.17) is 5.73 Å². The Morgan fingerprint density at radius 2 is 2.12 bits per heavy atom. The molecule has 1 aliphatic carbocycles. The summed E-state index contributed by atoms with van der Waals surface area (Å²) in [4.78, 5) is 12.0. The lowest BCUT2D eigenvalue weighted by atomic mass is 9.91. The summed E-state index contributed by atoms with van der Waals surface area (Å²) in [6.45, 7) is 1.90. The molecule has 0 unspecified atom stereocenters. The van der Waals surface area contributed by atoms with Gasteiger partial charge in [0.05, 0.1) is 11.8 Å². The van der Waals surface area contributed by atoms with Crippen molar-refractivity contribution < 1.29 is 4.79 Å². The summed E-state index contributed by atoms with van der Waals surface area (Å²) in [5.41, 5.74) is 7.41. The third kappa shape index (κ3) is 2.66. The topological polar surface area (TPSA) is 72.9 Å². The number of aryl methyl sites for hydroxylation is 1. The molecule has 17 heavy (non-hydrogen) atoms. The largest absolute Gasteiger partial charge is 0.349 e. The Morgan fingerprint density at radius 3 is 2.65 bits per heavy atom. The van der Waals surface area contributed by atoms with Crippen molar-refractivity contribution in [3.8, 4) is 0 Å². The molecule has 1 saturated carbocycles. The van der Waals surface area contributed by atoms with E-state index in [9.17, 15) is 4.79 Å². The molecule has 0 saturated heterocycles. The maximum Gasteiger partial charge on any atom is 0.254 e. The number of hydrogen-bond donors (Lipinski definition) is 2. The normalized spacial score (nSPS) is 24.6. The maximum absolute atomic E-state index is 12.0. The van der Waals surface area contributed by atoms with Gasteiger partial charge in [0.1, 0.15) is 0 Å². The average molecular weight is 236 g/mol. The lowest BCUT2D eigenvalue weighted by Gasteiger charge is -2.26. The zero-order valence-corrected chi connectivity index (χ0v) is 10.4. The number of hydrogen-bond acceptors (Lipinski definition) is 3. The van der Waals surface area contributed by atoms with Crippen LogP contribution in [0.1, 0.15) is 41.7 Å². The fraction of sp³-hybridized carbons (Fsp3) is 0.667. The van der Waals surface area contributed by atoms with Gasteiger partial charge in [0.2, 0.25) is 0 Å². The molecule has 94 valence electrons. The SMILES string of the molecule is Cc1c(C(=O)NC2CCC(N)CC2)cnn1C. The third-order valence-electron chi connectivity index (χ3n) is 3.59. The molecule has 1 aromatic rings. The molecular weight excluding hydrogens is 216 g/mol. The average Bonchev–Trinajstić information content (AvgIpc) is 2.63. The maximum atomic E-state index is 12.0. The van der Waals surface area contributed by atoms with Crippen LogP contribution >= 0.6 is 0 Å². The number of carbonyl (C=O) groups is 1. The first-order valence-corrected chi connectivity index (χ1v) is 6.13. The minimum atomic E-state index is -0.0175. The van der Waals surface area contributed by atoms with Gasteiger partial charge in [0, 0.05) is 24.8 Å². The van der Waals surface area contributed by atoms with E-state index in [0.717, 1.165) is 31.4 Å². The molecule has 1 aromatic heterocycles. The highest BCUT2D eigenvalue weighted by molar-refractivity contribution is 5.95. The van der Waals surface area contributed by atoms with Gasteiger partial charge in [0.15, 0.2) is 0 Å². The molecule has 2 rings (SSSR count). The summed E-state index contributed by atoms with van der Waals surface area (Å²) in [5, 5.41) is 7.14.